The predicted molar refractivity (Wildman–Crippen MR) is 88.5 cm³/mol. The maximum atomic E-state index is 10.9. The summed E-state index contributed by atoms with van der Waals surface area (Å²) < 4.78 is 0. The van der Waals surface area contributed by atoms with Crippen molar-refractivity contribution in [2.75, 3.05) is 6.61 Å². The van der Waals surface area contributed by atoms with Gasteiger partial charge in [0.05, 0.1) is 6.61 Å². The summed E-state index contributed by atoms with van der Waals surface area (Å²) in [6.07, 6.45) is 11.3. The number of aliphatic hydroxyl groups excluding tert-OH is 1. The quantitative estimate of drug-likeness (QED) is 0.721. The summed E-state index contributed by atoms with van der Waals surface area (Å²) in [4.78, 5) is 10.9. The highest BCUT2D eigenvalue weighted by atomic mass is 16.4. The highest BCUT2D eigenvalue weighted by molar-refractivity contribution is 5.66. The minimum atomic E-state index is -0.695. The number of hydrogen-bond donors (Lipinski definition) is 2. The van der Waals surface area contributed by atoms with E-state index in [4.69, 9.17) is 5.11 Å². The second kappa shape index (κ2) is 6.74. The maximum absolute atomic E-state index is 10.9. The largest absolute Gasteiger partial charge is 0.481 e. The van der Waals surface area contributed by atoms with Crippen LogP contribution in [0.1, 0.15) is 65.7 Å². The molecule has 2 aliphatic rings. The van der Waals surface area contributed by atoms with E-state index < -0.39 is 5.97 Å². The first-order valence-electron chi connectivity index (χ1n) is 8.84. The third kappa shape index (κ3) is 3.24. The monoisotopic (exact) mass is 308 g/mol. The summed E-state index contributed by atoms with van der Waals surface area (Å²) >= 11 is 0. The van der Waals surface area contributed by atoms with E-state index in [2.05, 4.69) is 26.0 Å². The molecule has 2 N–H and O–H groups in total. The first-order valence-corrected chi connectivity index (χ1v) is 8.84. The zero-order valence-electron chi connectivity index (χ0n) is 14.3. The fourth-order valence-corrected chi connectivity index (χ4v) is 5.01. The minimum Gasteiger partial charge on any atom is -0.481 e. The van der Waals surface area contributed by atoms with Crippen molar-refractivity contribution in [1.29, 1.82) is 0 Å². The zero-order valence-corrected chi connectivity index (χ0v) is 14.3. The van der Waals surface area contributed by atoms with Gasteiger partial charge in [0, 0.05) is 11.8 Å². The molecule has 0 aromatic rings. The van der Waals surface area contributed by atoms with Crippen LogP contribution in [0.3, 0.4) is 0 Å². The molecule has 1 fully saturated rings. The van der Waals surface area contributed by atoms with E-state index >= 15 is 0 Å². The molecule has 126 valence electrons. The van der Waals surface area contributed by atoms with Crippen molar-refractivity contribution < 1.29 is 15.0 Å². The summed E-state index contributed by atoms with van der Waals surface area (Å²) in [7, 11) is 0. The van der Waals surface area contributed by atoms with E-state index in [1.165, 1.54) is 0 Å². The Kier molecular flexibility index (Phi) is 5.37. The summed E-state index contributed by atoms with van der Waals surface area (Å²) in [6, 6.07) is 0. The number of allylic oxidation sites excluding steroid dienone is 1. The average Bonchev–Trinajstić information content (AvgIpc) is 2.49. The molecule has 0 bridgehead atoms. The second-order valence-electron chi connectivity index (χ2n) is 8.11. The van der Waals surface area contributed by atoms with Gasteiger partial charge in [-0.25, -0.2) is 0 Å². The number of fused-ring (bicyclic) bond motifs is 1. The first-order chi connectivity index (χ1) is 10.3. The fraction of sp³-hybridized carbons (Fsp3) is 0.842. The predicted octanol–water partition coefficient (Wildman–Crippen LogP) is 4.26. The molecule has 3 heteroatoms. The molecule has 2 aliphatic carbocycles. The Balaban J connectivity index is 2.14. The van der Waals surface area contributed by atoms with E-state index in [9.17, 15) is 9.90 Å². The van der Waals surface area contributed by atoms with E-state index in [0.717, 1.165) is 38.5 Å². The van der Waals surface area contributed by atoms with Gasteiger partial charge in [-0.3, -0.25) is 4.79 Å². The van der Waals surface area contributed by atoms with Crippen molar-refractivity contribution in [1.82, 2.24) is 0 Å². The molecule has 0 amide bonds. The minimum absolute atomic E-state index is 0.0322. The normalized spacial score (nSPS) is 39.3. The van der Waals surface area contributed by atoms with Gasteiger partial charge in [-0.1, -0.05) is 32.9 Å². The molecule has 0 aromatic carbocycles. The van der Waals surface area contributed by atoms with Crippen molar-refractivity contribution in [2.45, 2.75) is 65.7 Å². The number of hydrogen-bond acceptors (Lipinski definition) is 2. The molecule has 1 saturated carbocycles. The van der Waals surface area contributed by atoms with Crippen LogP contribution in [-0.2, 0) is 4.79 Å². The number of carbonyl (C=O) groups is 1. The number of carboxylic acid groups (broad SMARTS) is 1. The zero-order chi connectivity index (χ0) is 16.4. The Labute approximate surface area is 134 Å². The van der Waals surface area contributed by atoms with E-state index in [0.29, 0.717) is 11.8 Å². The molecule has 22 heavy (non-hydrogen) atoms. The van der Waals surface area contributed by atoms with Crippen LogP contribution in [0.4, 0.5) is 0 Å². The third-order valence-electron chi connectivity index (χ3n) is 6.72. The first kappa shape index (κ1) is 17.5. The molecule has 3 nitrogen and oxygen atoms in total. The average molecular weight is 308 g/mol. The Morgan fingerprint density at radius 3 is 2.77 bits per heavy atom. The van der Waals surface area contributed by atoms with Gasteiger partial charge in [-0.2, -0.15) is 0 Å². The van der Waals surface area contributed by atoms with Crippen LogP contribution >= 0.6 is 0 Å². The summed E-state index contributed by atoms with van der Waals surface area (Å²) in [5, 5.41) is 19.0. The van der Waals surface area contributed by atoms with E-state index in [1.807, 2.05) is 6.92 Å². The summed E-state index contributed by atoms with van der Waals surface area (Å²) in [6.45, 7) is 7.03. The SMILES string of the molecule is C[C@H](CC[C@@]1(C)[C@@H](C)CC[C@]2(CO)C=CCC[C@@H]21)CC(=O)O. The van der Waals surface area contributed by atoms with Gasteiger partial charge < -0.3 is 10.2 Å². The van der Waals surface area contributed by atoms with E-state index in [-0.39, 0.29) is 29.8 Å². The fourth-order valence-electron chi connectivity index (χ4n) is 5.01. The van der Waals surface area contributed by atoms with Crippen molar-refractivity contribution in [2.24, 2.45) is 28.6 Å². The lowest BCUT2D eigenvalue weighted by atomic mass is 9.48. The molecule has 0 unspecified atom stereocenters. The standard InChI is InChI=1S/C19H32O3/c1-14(12-17(21)22)7-10-18(3)15(2)8-11-19(13-20)9-5-4-6-16(18)19/h5,9,14-16,20H,4,6-8,10-13H2,1-3H3,(H,21,22)/t14-,15+,16-,18+,19+/m1/s1. The third-order valence-corrected chi connectivity index (χ3v) is 6.72. The number of aliphatic carboxylic acids is 1. The Morgan fingerprint density at radius 1 is 1.41 bits per heavy atom. The van der Waals surface area contributed by atoms with Crippen LogP contribution in [0.2, 0.25) is 0 Å². The van der Waals surface area contributed by atoms with Crippen molar-refractivity contribution in [3.8, 4) is 0 Å². The van der Waals surface area contributed by atoms with Gasteiger partial charge in [0.1, 0.15) is 0 Å². The van der Waals surface area contributed by atoms with Crippen LogP contribution in [0.25, 0.3) is 0 Å². The van der Waals surface area contributed by atoms with Crippen LogP contribution in [0.15, 0.2) is 12.2 Å². The molecule has 0 aromatic heterocycles. The smallest absolute Gasteiger partial charge is 0.303 e. The second-order valence-corrected chi connectivity index (χ2v) is 8.11. The van der Waals surface area contributed by atoms with E-state index in [1.54, 1.807) is 0 Å². The van der Waals surface area contributed by atoms with Crippen LogP contribution in [0, 0.1) is 28.6 Å². The van der Waals surface area contributed by atoms with Crippen LogP contribution in [-0.4, -0.2) is 22.8 Å². The van der Waals surface area contributed by atoms with Crippen molar-refractivity contribution in [3.05, 3.63) is 12.2 Å². The Hall–Kier alpha value is -0.830. The summed E-state index contributed by atoms with van der Waals surface area (Å²) in [5.41, 5.74) is 0.175. The molecule has 0 heterocycles. The maximum Gasteiger partial charge on any atom is 0.303 e. The molecule has 0 spiro atoms. The highest BCUT2D eigenvalue weighted by Gasteiger charge is 2.53. The lowest BCUT2D eigenvalue weighted by Gasteiger charge is -2.57. The molecule has 5 atom stereocenters. The van der Waals surface area contributed by atoms with Crippen LogP contribution < -0.4 is 0 Å². The summed E-state index contributed by atoms with van der Waals surface area (Å²) in [5.74, 6) is 0.697. The number of aliphatic hydroxyl groups is 1. The molecule has 2 rings (SSSR count). The van der Waals surface area contributed by atoms with Gasteiger partial charge in [0.15, 0.2) is 0 Å². The van der Waals surface area contributed by atoms with Gasteiger partial charge in [-0.05, 0) is 61.7 Å². The Morgan fingerprint density at radius 2 is 2.14 bits per heavy atom. The van der Waals surface area contributed by atoms with Gasteiger partial charge in [0.25, 0.3) is 0 Å². The van der Waals surface area contributed by atoms with Gasteiger partial charge in [-0.15, -0.1) is 0 Å². The molecule has 0 radical (unpaired) electrons. The lowest BCUT2D eigenvalue weighted by molar-refractivity contribution is -0.138. The van der Waals surface area contributed by atoms with Crippen molar-refractivity contribution in [3.63, 3.8) is 0 Å². The highest BCUT2D eigenvalue weighted by Crippen LogP contribution is 2.59. The molecular weight excluding hydrogens is 276 g/mol. The van der Waals surface area contributed by atoms with Gasteiger partial charge in [0.2, 0.25) is 0 Å². The molecule has 0 saturated heterocycles. The lowest BCUT2D eigenvalue weighted by Crippen LogP contribution is -2.51. The molecular formula is C19H32O3. The van der Waals surface area contributed by atoms with Crippen molar-refractivity contribution >= 4 is 5.97 Å². The molecule has 0 aliphatic heterocycles. The van der Waals surface area contributed by atoms with Crippen LogP contribution in [0.5, 0.6) is 0 Å². The topological polar surface area (TPSA) is 57.5 Å². The Bertz CT molecular complexity index is 430. The number of rotatable bonds is 6. The van der Waals surface area contributed by atoms with Gasteiger partial charge >= 0.3 is 5.97 Å². The number of carboxylic acids is 1.